The Balaban J connectivity index is 1.46. The van der Waals surface area contributed by atoms with Crippen molar-refractivity contribution in [2.24, 2.45) is 0 Å². The van der Waals surface area contributed by atoms with Crippen LogP contribution in [-0.4, -0.2) is 38.4 Å². The Hall–Kier alpha value is -1.69. The number of aromatic nitrogens is 3. The summed E-state index contributed by atoms with van der Waals surface area (Å²) in [5.74, 6) is 0.784. The number of nitrogens with zero attached hydrogens (tertiary/aromatic N) is 4. The zero-order valence-corrected chi connectivity index (χ0v) is 12.6. The molecule has 0 spiro atoms. The molecule has 2 fully saturated rings. The summed E-state index contributed by atoms with van der Waals surface area (Å²) in [6.07, 6.45) is 6.66. The Bertz CT molecular complexity index is 632. The van der Waals surface area contributed by atoms with Gasteiger partial charge in [0.05, 0.1) is 23.8 Å². The van der Waals surface area contributed by atoms with Gasteiger partial charge < -0.3 is 4.90 Å². The van der Waals surface area contributed by atoms with E-state index in [9.17, 15) is 4.79 Å². The van der Waals surface area contributed by atoms with E-state index in [1.807, 2.05) is 26.4 Å². The fraction of sp³-hybridized carbons (Fsp3) is 0.533. The number of rotatable bonds is 4. The van der Waals surface area contributed by atoms with Crippen molar-refractivity contribution < 1.29 is 4.79 Å². The van der Waals surface area contributed by atoms with Crippen molar-refractivity contribution in [2.75, 3.05) is 6.54 Å². The van der Waals surface area contributed by atoms with Crippen LogP contribution in [0.1, 0.15) is 47.7 Å². The third-order valence-corrected chi connectivity index (χ3v) is 5.04. The third-order valence-electron chi connectivity index (χ3n) is 4.36. The van der Waals surface area contributed by atoms with Crippen LogP contribution in [0.4, 0.5) is 0 Å². The number of hydrogen-bond donors (Lipinski definition) is 0. The van der Waals surface area contributed by atoms with E-state index in [4.69, 9.17) is 0 Å². The SMILES string of the molecule is O=C(c1ccsc1)N1CCC[C@H]1Cn1cc(C2CC2)nn1. The fourth-order valence-electron chi connectivity index (χ4n) is 3.03. The number of amides is 1. The van der Waals surface area contributed by atoms with Crippen LogP contribution in [0.15, 0.2) is 23.0 Å². The van der Waals surface area contributed by atoms with Crippen molar-refractivity contribution in [2.45, 2.75) is 44.2 Å². The summed E-state index contributed by atoms with van der Waals surface area (Å²) in [5, 5.41) is 12.4. The summed E-state index contributed by atoms with van der Waals surface area (Å²) in [5.41, 5.74) is 1.92. The normalized spacial score (nSPS) is 21.9. The molecule has 0 N–H and O–H groups in total. The first kappa shape index (κ1) is 13.0. The number of likely N-dealkylation sites (tertiary alicyclic amines) is 1. The molecule has 0 bridgehead atoms. The van der Waals surface area contributed by atoms with Crippen LogP contribution >= 0.6 is 11.3 Å². The largest absolute Gasteiger partial charge is 0.334 e. The van der Waals surface area contributed by atoms with Gasteiger partial charge >= 0.3 is 0 Å². The van der Waals surface area contributed by atoms with E-state index in [1.165, 1.54) is 12.8 Å². The van der Waals surface area contributed by atoms with Gasteiger partial charge in [0.25, 0.3) is 5.91 Å². The number of thiophene rings is 1. The molecule has 110 valence electrons. The smallest absolute Gasteiger partial charge is 0.255 e. The van der Waals surface area contributed by atoms with Gasteiger partial charge in [-0.2, -0.15) is 11.3 Å². The van der Waals surface area contributed by atoms with Gasteiger partial charge in [0.2, 0.25) is 0 Å². The predicted octanol–water partition coefficient (Wildman–Crippen LogP) is 2.52. The van der Waals surface area contributed by atoms with Crippen molar-refractivity contribution >= 4 is 17.2 Å². The van der Waals surface area contributed by atoms with Crippen molar-refractivity contribution in [1.29, 1.82) is 0 Å². The minimum atomic E-state index is 0.154. The molecule has 0 radical (unpaired) electrons. The van der Waals surface area contributed by atoms with E-state index < -0.39 is 0 Å². The zero-order valence-electron chi connectivity index (χ0n) is 11.8. The Morgan fingerprint density at radius 1 is 1.38 bits per heavy atom. The monoisotopic (exact) mass is 302 g/mol. The third kappa shape index (κ3) is 2.60. The zero-order chi connectivity index (χ0) is 14.2. The second-order valence-electron chi connectivity index (χ2n) is 5.95. The summed E-state index contributed by atoms with van der Waals surface area (Å²) in [6, 6.07) is 2.15. The van der Waals surface area contributed by atoms with E-state index in [0.717, 1.165) is 37.2 Å². The maximum Gasteiger partial charge on any atom is 0.255 e. The molecule has 4 rings (SSSR count). The minimum absolute atomic E-state index is 0.154. The topological polar surface area (TPSA) is 51.0 Å². The molecule has 1 aliphatic carbocycles. The van der Waals surface area contributed by atoms with Gasteiger partial charge in [-0.25, -0.2) is 0 Å². The second kappa shape index (κ2) is 5.26. The fourth-order valence-corrected chi connectivity index (χ4v) is 3.66. The molecule has 5 nitrogen and oxygen atoms in total. The molecule has 21 heavy (non-hydrogen) atoms. The lowest BCUT2D eigenvalue weighted by atomic mass is 10.2. The lowest BCUT2D eigenvalue weighted by molar-refractivity contribution is 0.0722. The molecule has 0 aromatic carbocycles. The molecule has 1 saturated heterocycles. The quantitative estimate of drug-likeness (QED) is 0.872. The minimum Gasteiger partial charge on any atom is -0.334 e. The summed E-state index contributed by atoms with van der Waals surface area (Å²) in [7, 11) is 0. The summed E-state index contributed by atoms with van der Waals surface area (Å²) in [4.78, 5) is 14.5. The predicted molar refractivity (Wildman–Crippen MR) is 80.4 cm³/mol. The van der Waals surface area contributed by atoms with Crippen molar-refractivity contribution in [3.8, 4) is 0 Å². The average molecular weight is 302 g/mol. The maximum atomic E-state index is 12.5. The number of carbonyl (C=O) groups excluding carboxylic acids is 1. The van der Waals surface area contributed by atoms with Crippen molar-refractivity contribution in [1.82, 2.24) is 19.9 Å². The highest BCUT2D eigenvalue weighted by atomic mass is 32.1. The highest BCUT2D eigenvalue weighted by Crippen LogP contribution is 2.38. The Labute approximate surface area is 127 Å². The van der Waals surface area contributed by atoms with Gasteiger partial charge in [-0.3, -0.25) is 9.48 Å². The molecule has 2 aliphatic rings. The van der Waals surface area contributed by atoms with E-state index in [0.29, 0.717) is 5.92 Å². The molecule has 2 aromatic rings. The molecule has 1 aliphatic heterocycles. The van der Waals surface area contributed by atoms with Crippen LogP contribution in [0.5, 0.6) is 0 Å². The van der Waals surface area contributed by atoms with Crippen molar-refractivity contribution in [3.05, 3.63) is 34.3 Å². The highest BCUT2D eigenvalue weighted by Gasteiger charge is 2.31. The molecule has 1 saturated carbocycles. The van der Waals surface area contributed by atoms with Crippen LogP contribution in [0.25, 0.3) is 0 Å². The van der Waals surface area contributed by atoms with Gasteiger partial charge in [-0.1, -0.05) is 5.21 Å². The van der Waals surface area contributed by atoms with E-state index in [1.54, 1.807) is 11.3 Å². The molecule has 6 heteroatoms. The van der Waals surface area contributed by atoms with Gasteiger partial charge in [-0.05, 0) is 37.1 Å². The lowest BCUT2D eigenvalue weighted by Gasteiger charge is -2.24. The van der Waals surface area contributed by atoms with E-state index in [-0.39, 0.29) is 11.9 Å². The van der Waals surface area contributed by atoms with Crippen LogP contribution in [0.2, 0.25) is 0 Å². The van der Waals surface area contributed by atoms with Gasteiger partial charge in [0.15, 0.2) is 0 Å². The van der Waals surface area contributed by atoms with Gasteiger partial charge in [-0.15, -0.1) is 5.10 Å². The first-order valence-electron chi connectivity index (χ1n) is 7.54. The lowest BCUT2D eigenvalue weighted by Crippen LogP contribution is -2.38. The molecule has 2 aromatic heterocycles. The van der Waals surface area contributed by atoms with Crippen LogP contribution in [0, 0.1) is 0 Å². The van der Waals surface area contributed by atoms with Gasteiger partial charge in [0.1, 0.15) is 0 Å². The van der Waals surface area contributed by atoms with E-state index in [2.05, 4.69) is 16.5 Å². The number of hydrogen-bond acceptors (Lipinski definition) is 4. The summed E-state index contributed by atoms with van der Waals surface area (Å²) < 4.78 is 1.91. The van der Waals surface area contributed by atoms with Crippen molar-refractivity contribution in [3.63, 3.8) is 0 Å². The molecule has 1 amide bonds. The highest BCUT2D eigenvalue weighted by molar-refractivity contribution is 7.08. The van der Waals surface area contributed by atoms with Crippen LogP contribution in [-0.2, 0) is 6.54 Å². The van der Waals surface area contributed by atoms with E-state index >= 15 is 0 Å². The van der Waals surface area contributed by atoms with Crippen LogP contribution < -0.4 is 0 Å². The first-order chi connectivity index (χ1) is 10.3. The summed E-state index contributed by atoms with van der Waals surface area (Å²) in [6.45, 7) is 1.61. The summed E-state index contributed by atoms with van der Waals surface area (Å²) >= 11 is 1.57. The van der Waals surface area contributed by atoms with Gasteiger partial charge in [0, 0.05) is 24.0 Å². The molecular formula is C15H18N4OS. The molecule has 0 unspecified atom stereocenters. The standard InChI is InChI=1S/C15H18N4OS/c20-15(12-5-7-21-10-12)19-6-1-2-13(19)8-18-9-14(16-17-18)11-3-4-11/h5,7,9-11,13H,1-4,6,8H2/t13-/m0/s1. The maximum absolute atomic E-state index is 12.5. The molecule has 3 heterocycles. The Morgan fingerprint density at radius 2 is 2.29 bits per heavy atom. The first-order valence-corrected chi connectivity index (χ1v) is 8.49. The number of carbonyl (C=O) groups is 1. The average Bonchev–Trinajstić information content (AvgIpc) is 2.96. The molecular weight excluding hydrogens is 284 g/mol. The Morgan fingerprint density at radius 3 is 3.05 bits per heavy atom. The molecule has 1 atom stereocenters. The van der Waals surface area contributed by atoms with Crippen LogP contribution in [0.3, 0.4) is 0 Å². The Kier molecular flexibility index (Phi) is 3.25. The second-order valence-corrected chi connectivity index (χ2v) is 6.73.